The van der Waals surface area contributed by atoms with Crippen LogP contribution in [0.2, 0.25) is 0 Å². The highest BCUT2D eigenvalue weighted by atomic mass is 16.5. The molecule has 1 aliphatic carbocycles. The van der Waals surface area contributed by atoms with Crippen molar-refractivity contribution in [2.75, 3.05) is 27.2 Å². The summed E-state index contributed by atoms with van der Waals surface area (Å²) in [5.74, 6) is 0.979. The number of rotatable bonds is 4. The van der Waals surface area contributed by atoms with Gasteiger partial charge in [-0.25, -0.2) is 0 Å². The Morgan fingerprint density at radius 2 is 2.20 bits per heavy atom. The molecule has 1 aromatic carbocycles. The van der Waals surface area contributed by atoms with Gasteiger partial charge in [-0.15, -0.1) is 0 Å². The number of nitrogens with one attached hydrogen (secondary N) is 1. The summed E-state index contributed by atoms with van der Waals surface area (Å²) in [4.78, 5) is 2.51. The molecule has 0 amide bonds. The van der Waals surface area contributed by atoms with Gasteiger partial charge < -0.3 is 15.0 Å². The summed E-state index contributed by atoms with van der Waals surface area (Å²) in [7, 11) is 4.01. The zero-order chi connectivity index (χ0) is 13.9. The predicted molar refractivity (Wildman–Crippen MR) is 82.3 cm³/mol. The van der Waals surface area contributed by atoms with E-state index in [2.05, 4.69) is 35.5 Å². The van der Waals surface area contributed by atoms with Gasteiger partial charge in [0, 0.05) is 18.6 Å². The number of likely N-dealkylation sites (tertiary alicyclic amines) is 1. The summed E-state index contributed by atoms with van der Waals surface area (Å²) in [6.45, 7) is 2.36. The van der Waals surface area contributed by atoms with E-state index in [9.17, 15) is 0 Å². The highest BCUT2D eigenvalue weighted by molar-refractivity contribution is 5.40. The van der Waals surface area contributed by atoms with E-state index in [1.54, 1.807) is 7.11 Å². The largest absolute Gasteiger partial charge is 0.497 e. The van der Waals surface area contributed by atoms with Crippen LogP contribution < -0.4 is 10.1 Å². The standard InChI is InChI=1S/C17H26N2O/c1-19-10-4-3-5-14(19)12-18-17-9-7-13-6-8-15(20-2)11-16(13)17/h6,8,11,14,17-18H,3-5,7,9-10,12H2,1-2H3. The molecule has 2 unspecified atom stereocenters. The summed E-state index contributed by atoms with van der Waals surface area (Å²) in [5.41, 5.74) is 2.93. The van der Waals surface area contributed by atoms with Crippen molar-refractivity contribution in [2.45, 2.75) is 44.2 Å². The van der Waals surface area contributed by atoms with Gasteiger partial charge in [0.05, 0.1) is 7.11 Å². The molecule has 20 heavy (non-hydrogen) atoms. The Morgan fingerprint density at radius 3 is 3.00 bits per heavy atom. The molecule has 0 saturated carbocycles. The quantitative estimate of drug-likeness (QED) is 0.913. The van der Waals surface area contributed by atoms with Crippen LogP contribution in [-0.2, 0) is 6.42 Å². The Balaban J connectivity index is 1.62. The summed E-state index contributed by atoms with van der Waals surface area (Å²) in [5, 5.41) is 3.79. The average molecular weight is 274 g/mol. The molecule has 1 aromatic rings. The van der Waals surface area contributed by atoms with Crippen LogP contribution in [0, 0.1) is 0 Å². The molecule has 3 nitrogen and oxygen atoms in total. The predicted octanol–water partition coefficient (Wildman–Crippen LogP) is 2.76. The molecule has 1 heterocycles. The molecule has 1 aliphatic heterocycles. The van der Waals surface area contributed by atoms with Gasteiger partial charge >= 0.3 is 0 Å². The highest BCUT2D eigenvalue weighted by Crippen LogP contribution is 2.33. The minimum atomic E-state index is 0.510. The highest BCUT2D eigenvalue weighted by Gasteiger charge is 2.25. The zero-order valence-electron chi connectivity index (χ0n) is 12.7. The second kappa shape index (κ2) is 6.15. The number of fused-ring (bicyclic) bond motifs is 1. The normalized spacial score (nSPS) is 26.5. The number of piperidine rings is 1. The van der Waals surface area contributed by atoms with E-state index in [1.165, 1.54) is 49.8 Å². The van der Waals surface area contributed by atoms with E-state index in [-0.39, 0.29) is 0 Å². The molecule has 0 radical (unpaired) electrons. The molecule has 1 saturated heterocycles. The van der Waals surface area contributed by atoms with Crippen LogP contribution in [0.5, 0.6) is 5.75 Å². The first-order valence-electron chi connectivity index (χ1n) is 7.88. The van der Waals surface area contributed by atoms with Crippen molar-refractivity contribution in [1.29, 1.82) is 0 Å². The molecule has 3 rings (SSSR count). The molecule has 0 bridgehead atoms. The molecule has 2 atom stereocenters. The van der Waals surface area contributed by atoms with E-state index in [0.717, 1.165) is 12.3 Å². The lowest BCUT2D eigenvalue weighted by Gasteiger charge is -2.33. The smallest absolute Gasteiger partial charge is 0.119 e. The third kappa shape index (κ3) is 2.84. The Hall–Kier alpha value is -1.06. The Bertz CT molecular complexity index is 460. The molecular formula is C17H26N2O. The number of benzene rings is 1. The number of methoxy groups -OCH3 is 1. The van der Waals surface area contributed by atoms with E-state index in [1.807, 2.05) is 0 Å². The van der Waals surface area contributed by atoms with Crippen molar-refractivity contribution in [2.24, 2.45) is 0 Å². The van der Waals surface area contributed by atoms with Crippen molar-refractivity contribution in [3.8, 4) is 5.75 Å². The average Bonchev–Trinajstić information content (AvgIpc) is 2.88. The second-order valence-corrected chi connectivity index (χ2v) is 6.19. The van der Waals surface area contributed by atoms with Gasteiger partial charge in [0.15, 0.2) is 0 Å². The maximum Gasteiger partial charge on any atom is 0.119 e. The molecule has 1 N–H and O–H groups in total. The van der Waals surface area contributed by atoms with Crippen LogP contribution in [0.3, 0.4) is 0 Å². The lowest BCUT2D eigenvalue weighted by molar-refractivity contribution is 0.177. The molecular weight excluding hydrogens is 248 g/mol. The fourth-order valence-electron chi connectivity index (χ4n) is 3.60. The lowest BCUT2D eigenvalue weighted by Crippen LogP contribution is -2.43. The van der Waals surface area contributed by atoms with E-state index in [4.69, 9.17) is 4.74 Å². The van der Waals surface area contributed by atoms with Gasteiger partial charge in [-0.3, -0.25) is 0 Å². The molecule has 1 fully saturated rings. The second-order valence-electron chi connectivity index (χ2n) is 6.19. The van der Waals surface area contributed by atoms with Crippen molar-refractivity contribution in [3.05, 3.63) is 29.3 Å². The summed E-state index contributed by atoms with van der Waals surface area (Å²) >= 11 is 0. The van der Waals surface area contributed by atoms with Gasteiger partial charge in [-0.1, -0.05) is 12.5 Å². The van der Waals surface area contributed by atoms with Crippen LogP contribution in [0.4, 0.5) is 0 Å². The molecule has 3 heteroatoms. The fourth-order valence-corrected chi connectivity index (χ4v) is 3.60. The maximum absolute atomic E-state index is 5.36. The van der Waals surface area contributed by atoms with Crippen molar-refractivity contribution < 1.29 is 4.74 Å². The molecule has 0 aromatic heterocycles. The zero-order valence-corrected chi connectivity index (χ0v) is 12.7. The van der Waals surface area contributed by atoms with E-state index < -0.39 is 0 Å². The van der Waals surface area contributed by atoms with Crippen LogP contribution in [-0.4, -0.2) is 38.2 Å². The van der Waals surface area contributed by atoms with Crippen LogP contribution in [0.25, 0.3) is 0 Å². The number of ether oxygens (including phenoxy) is 1. The molecule has 110 valence electrons. The first-order chi connectivity index (χ1) is 9.78. The Labute approximate surface area is 122 Å². The number of hydrogen-bond acceptors (Lipinski definition) is 3. The van der Waals surface area contributed by atoms with Crippen LogP contribution >= 0.6 is 0 Å². The maximum atomic E-state index is 5.36. The van der Waals surface area contributed by atoms with Crippen LogP contribution in [0.15, 0.2) is 18.2 Å². The number of aryl methyl sites for hydroxylation is 1. The minimum Gasteiger partial charge on any atom is -0.497 e. The SMILES string of the molecule is COc1ccc2c(c1)C(NCC1CCCCN1C)CC2. The van der Waals surface area contributed by atoms with Gasteiger partial charge in [0.25, 0.3) is 0 Å². The van der Waals surface area contributed by atoms with Crippen LogP contribution in [0.1, 0.15) is 42.9 Å². The van der Waals surface area contributed by atoms with Gasteiger partial charge in [0.2, 0.25) is 0 Å². The Kier molecular flexibility index (Phi) is 4.27. The summed E-state index contributed by atoms with van der Waals surface area (Å²) < 4.78 is 5.36. The van der Waals surface area contributed by atoms with Crippen molar-refractivity contribution >= 4 is 0 Å². The summed E-state index contributed by atoms with van der Waals surface area (Å²) in [6.07, 6.45) is 6.49. The summed E-state index contributed by atoms with van der Waals surface area (Å²) in [6, 6.07) is 7.73. The first-order valence-corrected chi connectivity index (χ1v) is 7.88. The Morgan fingerprint density at radius 1 is 1.30 bits per heavy atom. The topological polar surface area (TPSA) is 24.5 Å². The van der Waals surface area contributed by atoms with Gasteiger partial charge in [-0.05, 0) is 62.5 Å². The third-order valence-corrected chi connectivity index (χ3v) is 4.95. The van der Waals surface area contributed by atoms with Crippen molar-refractivity contribution in [3.63, 3.8) is 0 Å². The van der Waals surface area contributed by atoms with Gasteiger partial charge in [0.1, 0.15) is 5.75 Å². The first kappa shape index (κ1) is 13.9. The van der Waals surface area contributed by atoms with Gasteiger partial charge in [-0.2, -0.15) is 0 Å². The lowest BCUT2D eigenvalue weighted by atomic mass is 10.0. The monoisotopic (exact) mass is 274 g/mol. The molecule has 2 aliphatic rings. The number of nitrogens with zero attached hydrogens (tertiary/aromatic N) is 1. The fraction of sp³-hybridized carbons (Fsp3) is 0.647. The van der Waals surface area contributed by atoms with E-state index in [0.29, 0.717) is 12.1 Å². The number of likely N-dealkylation sites (N-methyl/N-ethyl adjacent to an activating group) is 1. The third-order valence-electron chi connectivity index (χ3n) is 4.95. The minimum absolute atomic E-state index is 0.510. The molecule has 0 spiro atoms. The van der Waals surface area contributed by atoms with E-state index >= 15 is 0 Å². The van der Waals surface area contributed by atoms with Crippen molar-refractivity contribution in [1.82, 2.24) is 10.2 Å². The number of hydrogen-bond donors (Lipinski definition) is 1.